The van der Waals surface area contributed by atoms with Gasteiger partial charge in [0, 0.05) is 29.3 Å². The summed E-state index contributed by atoms with van der Waals surface area (Å²) in [5.41, 5.74) is 3.37. The first-order valence-electron chi connectivity index (χ1n) is 11.7. The molecular formula is C26H30ClN3O5. The molecule has 1 atom stereocenters. The van der Waals surface area contributed by atoms with Gasteiger partial charge in [-0.1, -0.05) is 17.7 Å². The number of nitrogens with zero attached hydrogens (tertiary/aromatic N) is 2. The van der Waals surface area contributed by atoms with E-state index < -0.39 is 6.04 Å². The number of benzene rings is 2. The number of aryl methyl sites for hydroxylation is 1. The Bertz CT molecular complexity index is 1240. The summed E-state index contributed by atoms with van der Waals surface area (Å²) in [6.45, 7) is 8.93. The largest absolute Gasteiger partial charge is 0.507 e. The van der Waals surface area contributed by atoms with Gasteiger partial charge in [-0.25, -0.2) is 0 Å². The number of nitrogens with one attached hydrogen (secondary N) is 1. The molecule has 4 rings (SSSR count). The lowest BCUT2D eigenvalue weighted by Gasteiger charge is -2.27. The van der Waals surface area contributed by atoms with Gasteiger partial charge in [0.15, 0.2) is 11.5 Å². The molecule has 0 aliphatic carbocycles. The van der Waals surface area contributed by atoms with Crippen LogP contribution in [0.3, 0.4) is 0 Å². The molecule has 2 heterocycles. The Hall–Kier alpha value is -3.23. The third-order valence-electron chi connectivity index (χ3n) is 5.99. The Morgan fingerprint density at radius 1 is 1.20 bits per heavy atom. The fourth-order valence-electron chi connectivity index (χ4n) is 4.36. The van der Waals surface area contributed by atoms with Crippen LogP contribution in [0.25, 0.3) is 11.3 Å². The fourth-order valence-corrected chi connectivity index (χ4v) is 4.52. The number of carbonyl (C=O) groups is 1. The average molecular weight is 500 g/mol. The van der Waals surface area contributed by atoms with Gasteiger partial charge in [0.05, 0.1) is 18.8 Å². The van der Waals surface area contributed by atoms with Crippen molar-refractivity contribution in [2.75, 3.05) is 19.8 Å². The lowest BCUT2D eigenvalue weighted by Crippen LogP contribution is -2.31. The van der Waals surface area contributed by atoms with Crippen molar-refractivity contribution in [2.24, 2.45) is 0 Å². The lowest BCUT2D eigenvalue weighted by atomic mass is 9.95. The van der Waals surface area contributed by atoms with Gasteiger partial charge in [-0.15, -0.1) is 0 Å². The van der Waals surface area contributed by atoms with Gasteiger partial charge in [0.2, 0.25) is 0 Å². The zero-order valence-corrected chi connectivity index (χ0v) is 21.0. The summed E-state index contributed by atoms with van der Waals surface area (Å²) in [6.07, 6.45) is 0.745. The topological polar surface area (TPSA) is 108 Å². The van der Waals surface area contributed by atoms with Crippen LogP contribution in [0.4, 0.5) is 0 Å². The number of aromatic nitrogens is 2. The number of phenols is 2. The van der Waals surface area contributed by atoms with E-state index in [2.05, 4.69) is 10.2 Å². The minimum atomic E-state index is -0.510. The van der Waals surface area contributed by atoms with E-state index in [1.807, 2.05) is 20.8 Å². The summed E-state index contributed by atoms with van der Waals surface area (Å²) in [7, 11) is 0. The average Bonchev–Trinajstić information content (AvgIpc) is 3.34. The molecular weight excluding hydrogens is 470 g/mol. The molecule has 8 nitrogen and oxygen atoms in total. The predicted octanol–water partition coefficient (Wildman–Crippen LogP) is 5.21. The van der Waals surface area contributed by atoms with Crippen molar-refractivity contribution in [3.8, 4) is 28.5 Å². The van der Waals surface area contributed by atoms with Crippen molar-refractivity contribution in [3.63, 3.8) is 0 Å². The Kier molecular flexibility index (Phi) is 7.23. The molecule has 2 aromatic carbocycles. The van der Waals surface area contributed by atoms with E-state index in [-0.39, 0.29) is 23.5 Å². The Morgan fingerprint density at radius 2 is 1.97 bits per heavy atom. The van der Waals surface area contributed by atoms with Crippen LogP contribution in [0, 0.1) is 6.92 Å². The quantitative estimate of drug-likeness (QED) is 0.349. The first-order valence-corrected chi connectivity index (χ1v) is 12.1. The fraction of sp³-hybridized carbons (Fsp3) is 0.385. The molecule has 0 bridgehead atoms. The summed E-state index contributed by atoms with van der Waals surface area (Å²) in [5.74, 6) is 0.182. The Labute approximate surface area is 209 Å². The normalized spacial score (nSPS) is 15.2. The van der Waals surface area contributed by atoms with Gasteiger partial charge >= 0.3 is 0 Å². The number of fused-ring (bicyclic) bond motifs is 1. The molecule has 1 amide bonds. The molecule has 0 unspecified atom stereocenters. The van der Waals surface area contributed by atoms with E-state index in [1.54, 1.807) is 42.2 Å². The highest BCUT2D eigenvalue weighted by Gasteiger charge is 2.42. The molecule has 1 aliphatic heterocycles. The molecule has 3 N–H and O–H groups in total. The molecule has 0 saturated carbocycles. The summed E-state index contributed by atoms with van der Waals surface area (Å²) in [5, 5.41) is 28.7. The number of hydrogen-bond donors (Lipinski definition) is 3. The summed E-state index contributed by atoms with van der Waals surface area (Å²) in [6, 6.07) is 7.79. The van der Waals surface area contributed by atoms with Crippen LogP contribution < -0.4 is 4.74 Å². The Morgan fingerprint density at radius 3 is 2.69 bits per heavy atom. The maximum absolute atomic E-state index is 13.5. The molecule has 0 fully saturated rings. The number of halogens is 1. The van der Waals surface area contributed by atoms with Crippen LogP contribution in [-0.2, 0) is 4.74 Å². The van der Waals surface area contributed by atoms with Gasteiger partial charge in [-0.2, -0.15) is 5.10 Å². The van der Waals surface area contributed by atoms with Crippen molar-refractivity contribution in [1.29, 1.82) is 0 Å². The number of aromatic amines is 1. The third-order valence-corrected chi connectivity index (χ3v) is 6.40. The molecule has 9 heteroatoms. The van der Waals surface area contributed by atoms with Crippen molar-refractivity contribution >= 4 is 17.5 Å². The first-order chi connectivity index (χ1) is 16.7. The summed E-state index contributed by atoms with van der Waals surface area (Å²) < 4.78 is 11.3. The molecule has 3 aromatic rings. The van der Waals surface area contributed by atoms with Crippen molar-refractivity contribution in [1.82, 2.24) is 15.1 Å². The van der Waals surface area contributed by atoms with Crippen LogP contribution in [0.2, 0.25) is 5.02 Å². The highest BCUT2D eigenvalue weighted by atomic mass is 35.5. The number of amides is 1. The third kappa shape index (κ3) is 4.81. The van der Waals surface area contributed by atoms with E-state index in [0.717, 1.165) is 11.1 Å². The standard InChI is InChI=1S/C26H30ClN3O5/c1-5-34-21-12-16(7-8-19(21)31)25-22-23(17-13-18(27)15(4)11-20(17)32)28-29-24(22)26(33)30(25)9-6-10-35-14(2)3/h7-8,11-14,25,31-32H,5-6,9-10H2,1-4H3,(H,28,29)/t25-/m1/s1. The number of ether oxygens (including phenoxy) is 2. The number of aromatic hydroxyl groups is 2. The van der Waals surface area contributed by atoms with Gasteiger partial charge < -0.3 is 24.6 Å². The van der Waals surface area contributed by atoms with Crippen molar-refractivity contribution < 1.29 is 24.5 Å². The Balaban J connectivity index is 1.81. The van der Waals surface area contributed by atoms with Crippen LogP contribution in [0.5, 0.6) is 17.2 Å². The van der Waals surface area contributed by atoms with Crippen LogP contribution in [0.15, 0.2) is 30.3 Å². The minimum Gasteiger partial charge on any atom is -0.507 e. The molecule has 0 radical (unpaired) electrons. The van der Waals surface area contributed by atoms with Gasteiger partial charge in [0.25, 0.3) is 5.91 Å². The minimum absolute atomic E-state index is 0.0207. The number of rotatable bonds is 9. The van der Waals surface area contributed by atoms with E-state index in [1.165, 1.54) is 0 Å². The second-order valence-electron chi connectivity index (χ2n) is 8.81. The molecule has 1 aromatic heterocycles. The summed E-state index contributed by atoms with van der Waals surface area (Å²) >= 11 is 6.36. The van der Waals surface area contributed by atoms with Crippen molar-refractivity contribution in [2.45, 2.75) is 46.3 Å². The summed E-state index contributed by atoms with van der Waals surface area (Å²) in [4.78, 5) is 15.2. The highest BCUT2D eigenvalue weighted by Crippen LogP contribution is 2.46. The molecule has 186 valence electrons. The van der Waals surface area contributed by atoms with E-state index in [4.69, 9.17) is 21.1 Å². The van der Waals surface area contributed by atoms with Crippen LogP contribution >= 0.6 is 11.6 Å². The maximum atomic E-state index is 13.5. The zero-order chi connectivity index (χ0) is 25.3. The maximum Gasteiger partial charge on any atom is 0.273 e. The van der Waals surface area contributed by atoms with E-state index in [9.17, 15) is 15.0 Å². The van der Waals surface area contributed by atoms with E-state index in [0.29, 0.717) is 59.5 Å². The monoisotopic (exact) mass is 499 g/mol. The first kappa shape index (κ1) is 24.9. The number of H-pyrrole nitrogens is 1. The van der Waals surface area contributed by atoms with Gasteiger partial charge in [-0.05, 0) is 69.5 Å². The number of hydrogen-bond acceptors (Lipinski definition) is 6. The number of phenolic OH excluding ortho intramolecular Hbond substituents is 2. The molecule has 35 heavy (non-hydrogen) atoms. The smallest absolute Gasteiger partial charge is 0.273 e. The van der Waals surface area contributed by atoms with E-state index >= 15 is 0 Å². The van der Waals surface area contributed by atoms with Crippen LogP contribution in [-0.4, -0.2) is 57.1 Å². The lowest BCUT2D eigenvalue weighted by molar-refractivity contribution is 0.0601. The second-order valence-corrected chi connectivity index (χ2v) is 9.22. The second kappa shape index (κ2) is 10.2. The molecule has 1 aliphatic rings. The molecule has 0 spiro atoms. The SMILES string of the molecule is CCOc1cc([C@@H]2c3c(-c4cc(Cl)c(C)cc4O)n[nH]c3C(=O)N2CCCOC(C)C)ccc1O. The highest BCUT2D eigenvalue weighted by molar-refractivity contribution is 6.31. The predicted molar refractivity (Wildman–Crippen MR) is 133 cm³/mol. The van der Waals surface area contributed by atoms with Gasteiger partial charge in [0.1, 0.15) is 17.1 Å². The van der Waals surface area contributed by atoms with Gasteiger partial charge in [-0.3, -0.25) is 9.89 Å². The van der Waals surface area contributed by atoms with Crippen LogP contribution in [0.1, 0.15) is 60.4 Å². The number of carbonyl (C=O) groups excluding carboxylic acids is 1. The zero-order valence-electron chi connectivity index (χ0n) is 20.3. The van der Waals surface area contributed by atoms with Crippen molar-refractivity contribution in [3.05, 3.63) is 57.7 Å². The molecule has 0 saturated heterocycles.